The van der Waals surface area contributed by atoms with Crippen molar-refractivity contribution in [3.8, 4) is 5.75 Å². The van der Waals surface area contributed by atoms with Crippen molar-refractivity contribution in [1.29, 1.82) is 0 Å². The zero-order valence-electron chi connectivity index (χ0n) is 17.7. The molecule has 1 fully saturated rings. The van der Waals surface area contributed by atoms with E-state index in [1.165, 1.54) is 7.11 Å². The summed E-state index contributed by atoms with van der Waals surface area (Å²) >= 11 is 0. The van der Waals surface area contributed by atoms with Gasteiger partial charge in [0.1, 0.15) is 11.6 Å². The minimum Gasteiger partial charge on any atom is -0.497 e. The SMILES string of the molecule is CC[C@H]1CCCCN1c1nc2c(c(=O)[nH]1)[C@@H](C(=O)Nc1cccc(OC)c1)CC(=O)N2. The van der Waals surface area contributed by atoms with Gasteiger partial charge in [0.25, 0.3) is 5.56 Å². The number of hydrogen-bond donors (Lipinski definition) is 3. The van der Waals surface area contributed by atoms with Gasteiger partial charge in [-0.25, -0.2) is 0 Å². The highest BCUT2D eigenvalue weighted by Gasteiger charge is 2.35. The third-order valence-corrected chi connectivity index (χ3v) is 5.96. The third kappa shape index (κ3) is 4.26. The normalized spacial score (nSPS) is 20.6. The molecule has 0 aliphatic carbocycles. The van der Waals surface area contributed by atoms with Gasteiger partial charge in [0.15, 0.2) is 0 Å². The number of benzene rings is 1. The van der Waals surface area contributed by atoms with Gasteiger partial charge in [0, 0.05) is 30.8 Å². The van der Waals surface area contributed by atoms with Crippen LogP contribution in [0.15, 0.2) is 29.1 Å². The van der Waals surface area contributed by atoms with Crippen LogP contribution in [-0.4, -0.2) is 41.5 Å². The van der Waals surface area contributed by atoms with Crippen LogP contribution in [0.3, 0.4) is 0 Å². The van der Waals surface area contributed by atoms with Gasteiger partial charge in [-0.1, -0.05) is 13.0 Å². The predicted molar refractivity (Wildman–Crippen MR) is 118 cm³/mol. The lowest BCUT2D eigenvalue weighted by atomic mass is 9.92. The zero-order valence-corrected chi connectivity index (χ0v) is 17.7. The maximum atomic E-state index is 13.0. The number of piperidine rings is 1. The van der Waals surface area contributed by atoms with E-state index in [0.717, 1.165) is 32.2 Å². The van der Waals surface area contributed by atoms with Crippen molar-refractivity contribution in [2.24, 2.45) is 0 Å². The molecule has 2 atom stereocenters. The molecule has 3 N–H and O–H groups in total. The molecule has 0 radical (unpaired) electrons. The fourth-order valence-corrected chi connectivity index (χ4v) is 4.35. The molecule has 31 heavy (non-hydrogen) atoms. The van der Waals surface area contributed by atoms with Crippen molar-refractivity contribution < 1.29 is 14.3 Å². The lowest BCUT2D eigenvalue weighted by molar-refractivity contribution is -0.123. The number of aromatic nitrogens is 2. The van der Waals surface area contributed by atoms with Gasteiger partial charge in [-0.3, -0.25) is 19.4 Å². The summed E-state index contributed by atoms with van der Waals surface area (Å²) in [5.74, 6) is -0.494. The van der Waals surface area contributed by atoms with Crippen molar-refractivity contribution in [3.63, 3.8) is 0 Å². The van der Waals surface area contributed by atoms with Gasteiger partial charge in [0.05, 0.1) is 18.6 Å². The van der Waals surface area contributed by atoms with Crippen LogP contribution in [0.25, 0.3) is 0 Å². The van der Waals surface area contributed by atoms with E-state index in [2.05, 4.69) is 32.4 Å². The van der Waals surface area contributed by atoms with E-state index in [9.17, 15) is 14.4 Å². The monoisotopic (exact) mass is 425 g/mol. The Morgan fingerprint density at radius 1 is 1.32 bits per heavy atom. The van der Waals surface area contributed by atoms with Crippen LogP contribution < -0.4 is 25.8 Å². The van der Waals surface area contributed by atoms with Gasteiger partial charge >= 0.3 is 0 Å². The fourth-order valence-electron chi connectivity index (χ4n) is 4.35. The average Bonchev–Trinajstić information content (AvgIpc) is 2.78. The van der Waals surface area contributed by atoms with E-state index in [-0.39, 0.29) is 23.7 Å². The molecule has 2 aliphatic heterocycles. The number of methoxy groups -OCH3 is 1. The second-order valence-electron chi connectivity index (χ2n) is 7.93. The standard InChI is InChI=1S/C22H27N5O4/c1-3-14-8-4-5-10-27(14)22-25-19-18(21(30)26-22)16(12-17(28)24-19)20(29)23-13-7-6-9-15(11-13)31-2/h6-7,9,11,14,16H,3-5,8,10,12H2,1-2H3,(H,23,29)(H2,24,25,26,28,30)/t14-,16-/m0/s1. The molecule has 0 spiro atoms. The Balaban J connectivity index is 1.65. The molecule has 9 nitrogen and oxygen atoms in total. The Labute approximate surface area is 180 Å². The highest BCUT2D eigenvalue weighted by molar-refractivity contribution is 6.04. The Bertz CT molecular complexity index is 1050. The number of carbonyl (C=O) groups excluding carboxylic acids is 2. The van der Waals surface area contributed by atoms with Crippen molar-refractivity contribution >= 4 is 29.3 Å². The van der Waals surface area contributed by atoms with Gasteiger partial charge in [-0.05, 0) is 37.8 Å². The molecule has 1 aromatic carbocycles. The van der Waals surface area contributed by atoms with Gasteiger partial charge < -0.3 is 20.3 Å². The maximum Gasteiger partial charge on any atom is 0.258 e. The first-order valence-corrected chi connectivity index (χ1v) is 10.7. The summed E-state index contributed by atoms with van der Waals surface area (Å²) in [7, 11) is 1.54. The lowest BCUT2D eigenvalue weighted by Crippen LogP contribution is -2.43. The average molecular weight is 425 g/mol. The molecular formula is C22H27N5O4. The summed E-state index contributed by atoms with van der Waals surface area (Å²) in [6.07, 6.45) is 4.03. The molecule has 2 amide bonds. The summed E-state index contributed by atoms with van der Waals surface area (Å²) in [5.41, 5.74) is 0.317. The Hall–Kier alpha value is -3.36. The smallest absolute Gasteiger partial charge is 0.258 e. The fraction of sp³-hybridized carbons (Fsp3) is 0.455. The second kappa shape index (κ2) is 8.79. The first-order chi connectivity index (χ1) is 15.0. The number of hydrogen-bond acceptors (Lipinski definition) is 6. The molecule has 2 aromatic rings. The summed E-state index contributed by atoms with van der Waals surface area (Å²) < 4.78 is 5.18. The largest absolute Gasteiger partial charge is 0.497 e. The summed E-state index contributed by atoms with van der Waals surface area (Å²) in [6, 6.07) is 7.20. The topological polar surface area (TPSA) is 116 Å². The molecular weight excluding hydrogens is 398 g/mol. The number of H-pyrrole nitrogens is 1. The quantitative estimate of drug-likeness (QED) is 0.678. The minimum absolute atomic E-state index is 0.117. The minimum atomic E-state index is -0.927. The van der Waals surface area contributed by atoms with Gasteiger partial charge in [-0.15, -0.1) is 0 Å². The molecule has 164 valence electrons. The number of nitrogens with zero attached hydrogens (tertiary/aromatic N) is 2. The molecule has 0 unspecified atom stereocenters. The van der Waals surface area contributed by atoms with Crippen molar-refractivity contribution in [2.45, 2.75) is 51.0 Å². The number of rotatable bonds is 5. The molecule has 0 saturated carbocycles. The summed E-state index contributed by atoms with van der Waals surface area (Å²) in [4.78, 5) is 47.9. The first-order valence-electron chi connectivity index (χ1n) is 10.7. The van der Waals surface area contributed by atoms with E-state index < -0.39 is 17.4 Å². The lowest BCUT2D eigenvalue weighted by Gasteiger charge is -2.36. The highest BCUT2D eigenvalue weighted by Crippen LogP contribution is 2.32. The van der Waals surface area contributed by atoms with E-state index in [1.54, 1.807) is 24.3 Å². The van der Waals surface area contributed by atoms with Gasteiger partial charge in [0.2, 0.25) is 17.8 Å². The number of aromatic amines is 1. The Morgan fingerprint density at radius 2 is 2.16 bits per heavy atom. The van der Waals surface area contributed by atoms with Crippen LogP contribution in [0.4, 0.5) is 17.5 Å². The third-order valence-electron chi connectivity index (χ3n) is 5.96. The zero-order chi connectivity index (χ0) is 22.0. The highest BCUT2D eigenvalue weighted by atomic mass is 16.5. The van der Waals surface area contributed by atoms with Crippen LogP contribution in [0, 0.1) is 0 Å². The van der Waals surface area contributed by atoms with Crippen LogP contribution in [0.5, 0.6) is 5.75 Å². The molecule has 0 bridgehead atoms. The van der Waals surface area contributed by atoms with E-state index in [0.29, 0.717) is 23.4 Å². The van der Waals surface area contributed by atoms with Crippen LogP contribution in [-0.2, 0) is 9.59 Å². The van der Waals surface area contributed by atoms with Gasteiger partial charge in [-0.2, -0.15) is 4.98 Å². The Morgan fingerprint density at radius 3 is 2.94 bits per heavy atom. The molecule has 9 heteroatoms. The number of ether oxygens (including phenoxy) is 1. The number of anilines is 3. The number of fused-ring (bicyclic) bond motifs is 1. The number of amides is 2. The van der Waals surface area contributed by atoms with Crippen LogP contribution >= 0.6 is 0 Å². The molecule has 2 aliphatic rings. The number of carbonyl (C=O) groups is 2. The van der Waals surface area contributed by atoms with E-state index >= 15 is 0 Å². The molecule has 3 heterocycles. The molecule has 1 saturated heterocycles. The summed E-state index contributed by atoms with van der Waals surface area (Å²) in [5, 5.41) is 5.46. The van der Waals surface area contributed by atoms with Crippen LogP contribution in [0.2, 0.25) is 0 Å². The predicted octanol–water partition coefficient (Wildman–Crippen LogP) is 2.61. The second-order valence-corrected chi connectivity index (χ2v) is 7.93. The first kappa shape index (κ1) is 20.9. The van der Waals surface area contributed by atoms with Crippen LogP contribution in [0.1, 0.15) is 50.5 Å². The van der Waals surface area contributed by atoms with Crippen molar-refractivity contribution in [1.82, 2.24) is 9.97 Å². The molecule has 1 aromatic heterocycles. The van der Waals surface area contributed by atoms with E-state index in [1.807, 2.05) is 0 Å². The number of nitrogens with one attached hydrogen (secondary N) is 3. The Kier molecular flexibility index (Phi) is 5.92. The molecule has 4 rings (SSSR count). The van der Waals surface area contributed by atoms with E-state index in [4.69, 9.17) is 4.74 Å². The summed E-state index contributed by atoms with van der Waals surface area (Å²) in [6.45, 7) is 2.91. The maximum absolute atomic E-state index is 13.0. The van der Waals surface area contributed by atoms with Crippen molar-refractivity contribution in [3.05, 3.63) is 40.2 Å². The van der Waals surface area contributed by atoms with Crippen molar-refractivity contribution in [2.75, 3.05) is 29.2 Å².